The van der Waals surface area contributed by atoms with Crippen molar-refractivity contribution in [3.63, 3.8) is 0 Å². The Labute approximate surface area is 327 Å². The second-order valence-corrected chi connectivity index (χ2v) is 16.3. The molecule has 0 N–H and O–H groups in total. The molecule has 312 valence electrons. The number of rotatable bonds is 40. The first-order valence-corrected chi connectivity index (χ1v) is 22.2. The summed E-state index contributed by atoms with van der Waals surface area (Å²) in [6, 6.07) is -0.721. The fourth-order valence-electron chi connectivity index (χ4n) is 6.65. The summed E-state index contributed by atoms with van der Waals surface area (Å²) >= 11 is 0. The van der Waals surface area contributed by atoms with E-state index in [2.05, 4.69) is 26.0 Å². The summed E-state index contributed by atoms with van der Waals surface area (Å²) in [4.78, 5) is 36.7. The standard InChI is InChI=1S/C45H85NO7/c1-6-8-10-12-14-16-17-18-19-20-21-22-23-24-25-26-27-28-30-32-34-36-44(48)53-41(39-51-38-37-42(45(49)50)46(3,4)5)40-52-43(47)35-33-31-29-15-13-11-9-7-2/h22-23,41-42H,6-21,24-40H2,1-5H3/b23-22+. The predicted octanol–water partition coefficient (Wildman–Crippen LogP) is 10.6. The number of unbranched alkanes of at least 4 members (excludes halogenated alkanes) is 24. The number of likely N-dealkylation sites (N-methyl/N-ethyl adjacent to an activating group) is 1. The van der Waals surface area contributed by atoms with E-state index in [-0.39, 0.29) is 42.7 Å². The van der Waals surface area contributed by atoms with Crippen LogP contribution in [0.5, 0.6) is 0 Å². The van der Waals surface area contributed by atoms with Gasteiger partial charge in [-0.25, -0.2) is 0 Å². The van der Waals surface area contributed by atoms with Gasteiger partial charge in [-0.2, -0.15) is 0 Å². The molecule has 2 unspecified atom stereocenters. The zero-order valence-corrected chi connectivity index (χ0v) is 35.4. The molecular weight excluding hydrogens is 666 g/mol. The lowest BCUT2D eigenvalue weighted by molar-refractivity contribution is -0.889. The third-order valence-corrected chi connectivity index (χ3v) is 10.2. The third kappa shape index (κ3) is 35.5. The van der Waals surface area contributed by atoms with Gasteiger partial charge in [-0.15, -0.1) is 0 Å². The van der Waals surface area contributed by atoms with Crippen molar-refractivity contribution < 1.29 is 38.2 Å². The van der Waals surface area contributed by atoms with Crippen molar-refractivity contribution in [2.75, 3.05) is 41.0 Å². The Morgan fingerprint density at radius 2 is 0.943 bits per heavy atom. The van der Waals surface area contributed by atoms with Crippen LogP contribution in [0.25, 0.3) is 0 Å². The van der Waals surface area contributed by atoms with Crippen molar-refractivity contribution in [2.24, 2.45) is 0 Å². The Balaban J connectivity index is 4.20. The monoisotopic (exact) mass is 752 g/mol. The normalized spacial score (nSPS) is 13.0. The van der Waals surface area contributed by atoms with Crippen LogP contribution in [0, 0.1) is 0 Å². The molecule has 0 saturated carbocycles. The molecule has 2 atom stereocenters. The van der Waals surface area contributed by atoms with Crippen molar-refractivity contribution >= 4 is 17.9 Å². The van der Waals surface area contributed by atoms with Gasteiger partial charge in [0.1, 0.15) is 12.6 Å². The van der Waals surface area contributed by atoms with Gasteiger partial charge in [-0.1, -0.05) is 161 Å². The van der Waals surface area contributed by atoms with E-state index in [1.807, 2.05) is 0 Å². The van der Waals surface area contributed by atoms with Crippen LogP contribution in [0.2, 0.25) is 0 Å². The lowest BCUT2D eigenvalue weighted by Crippen LogP contribution is -2.55. The molecule has 0 amide bonds. The van der Waals surface area contributed by atoms with Crippen LogP contribution in [0.3, 0.4) is 0 Å². The van der Waals surface area contributed by atoms with E-state index < -0.39 is 18.1 Å². The van der Waals surface area contributed by atoms with E-state index in [0.29, 0.717) is 12.8 Å². The summed E-state index contributed by atoms with van der Waals surface area (Å²) in [5, 5.41) is 11.6. The smallest absolute Gasteiger partial charge is 0.306 e. The highest BCUT2D eigenvalue weighted by Gasteiger charge is 2.25. The molecular formula is C45H85NO7. The van der Waals surface area contributed by atoms with Crippen molar-refractivity contribution in [2.45, 2.75) is 219 Å². The number of carbonyl (C=O) groups excluding carboxylic acids is 3. The molecule has 0 heterocycles. The number of carboxylic acids is 1. The number of quaternary nitrogens is 1. The minimum Gasteiger partial charge on any atom is -0.544 e. The number of hydrogen-bond donors (Lipinski definition) is 0. The fraction of sp³-hybridized carbons (Fsp3) is 0.889. The molecule has 0 fully saturated rings. The molecule has 8 nitrogen and oxygen atoms in total. The topological polar surface area (TPSA) is 102 Å². The zero-order chi connectivity index (χ0) is 39.3. The minimum atomic E-state index is -1.12. The lowest BCUT2D eigenvalue weighted by Gasteiger charge is -2.34. The molecule has 0 saturated heterocycles. The van der Waals surface area contributed by atoms with E-state index >= 15 is 0 Å². The third-order valence-electron chi connectivity index (χ3n) is 10.2. The van der Waals surface area contributed by atoms with Gasteiger partial charge in [0.25, 0.3) is 0 Å². The van der Waals surface area contributed by atoms with Crippen LogP contribution in [-0.4, -0.2) is 75.5 Å². The van der Waals surface area contributed by atoms with Gasteiger partial charge in [-0.05, 0) is 38.5 Å². The summed E-state index contributed by atoms with van der Waals surface area (Å²) in [6.07, 6.45) is 38.2. The van der Waals surface area contributed by atoms with Crippen molar-refractivity contribution in [3.05, 3.63) is 12.2 Å². The number of allylic oxidation sites excluding steroid dienone is 2. The van der Waals surface area contributed by atoms with Gasteiger partial charge < -0.3 is 28.6 Å². The molecule has 0 aliphatic carbocycles. The molecule has 0 radical (unpaired) electrons. The number of esters is 2. The first-order chi connectivity index (χ1) is 25.6. The molecule has 0 aromatic rings. The quantitative estimate of drug-likeness (QED) is 0.0266. The first kappa shape index (κ1) is 51.1. The molecule has 0 rings (SSSR count). The zero-order valence-electron chi connectivity index (χ0n) is 35.4. The number of carboxylic acid groups (broad SMARTS) is 1. The molecule has 8 heteroatoms. The maximum atomic E-state index is 12.7. The Kier molecular flexibility index (Phi) is 35.7. The Morgan fingerprint density at radius 1 is 0.547 bits per heavy atom. The Bertz CT molecular complexity index is 885. The molecule has 0 aromatic heterocycles. The van der Waals surface area contributed by atoms with Crippen LogP contribution in [-0.2, 0) is 28.6 Å². The largest absolute Gasteiger partial charge is 0.544 e. The van der Waals surface area contributed by atoms with E-state index in [0.717, 1.165) is 38.5 Å². The summed E-state index contributed by atoms with van der Waals surface area (Å²) < 4.78 is 17.1. The van der Waals surface area contributed by atoms with Gasteiger partial charge >= 0.3 is 11.9 Å². The molecule has 0 aromatic carbocycles. The van der Waals surface area contributed by atoms with Gasteiger partial charge in [-0.3, -0.25) is 9.59 Å². The van der Waals surface area contributed by atoms with Crippen molar-refractivity contribution in [1.82, 2.24) is 0 Å². The van der Waals surface area contributed by atoms with Crippen LogP contribution in [0.1, 0.15) is 206 Å². The van der Waals surface area contributed by atoms with Gasteiger partial charge in [0.05, 0.1) is 40.3 Å². The molecule has 0 aliphatic rings. The predicted molar refractivity (Wildman–Crippen MR) is 217 cm³/mol. The maximum Gasteiger partial charge on any atom is 0.306 e. The first-order valence-electron chi connectivity index (χ1n) is 22.2. The molecule has 0 aliphatic heterocycles. The highest BCUT2D eigenvalue weighted by atomic mass is 16.6. The van der Waals surface area contributed by atoms with Crippen molar-refractivity contribution in [1.29, 1.82) is 0 Å². The number of nitrogens with zero attached hydrogens (tertiary/aromatic N) is 1. The minimum absolute atomic E-state index is 0.0438. The Morgan fingerprint density at radius 3 is 1.36 bits per heavy atom. The van der Waals surface area contributed by atoms with Crippen molar-refractivity contribution in [3.8, 4) is 0 Å². The van der Waals surface area contributed by atoms with Gasteiger partial charge in [0, 0.05) is 19.3 Å². The fourth-order valence-corrected chi connectivity index (χ4v) is 6.65. The van der Waals surface area contributed by atoms with Gasteiger partial charge in [0.2, 0.25) is 0 Å². The summed E-state index contributed by atoms with van der Waals surface area (Å²) in [5.41, 5.74) is 0. The van der Waals surface area contributed by atoms with Crippen LogP contribution < -0.4 is 5.11 Å². The lowest BCUT2D eigenvalue weighted by atomic mass is 10.1. The molecule has 0 spiro atoms. The summed E-state index contributed by atoms with van der Waals surface area (Å²) in [6.45, 7) is 4.64. The number of hydrogen-bond acceptors (Lipinski definition) is 7. The maximum absolute atomic E-state index is 12.7. The van der Waals surface area contributed by atoms with Crippen LogP contribution in [0.15, 0.2) is 12.2 Å². The van der Waals surface area contributed by atoms with E-state index in [4.69, 9.17) is 14.2 Å². The Hall–Kier alpha value is -1.93. The average molecular weight is 752 g/mol. The second-order valence-electron chi connectivity index (χ2n) is 16.3. The van der Waals surface area contributed by atoms with Gasteiger partial charge in [0.15, 0.2) is 6.10 Å². The number of carbonyl (C=O) groups is 3. The molecule has 53 heavy (non-hydrogen) atoms. The summed E-state index contributed by atoms with van der Waals surface area (Å²) in [5.74, 6) is -1.73. The van der Waals surface area contributed by atoms with E-state index in [1.54, 1.807) is 21.1 Å². The summed E-state index contributed by atoms with van der Waals surface area (Å²) in [7, 11) is 5.41. The highest BCUT2D eigenvalue weighted by molar-refractivity contribution is 5.70. The number of ether oxygens (including phenoxy) is 3. The van der Waals surface area contributed by atoms with Crippen LogP contribution >= 0.6 is 0 Å². The second kappa shape index (κ2) is 37.0. The molecule has 0 bridgehead atoms. The van der Waals surface area contributed by atoms with E-state index in [9.17, 15) is 19.5 Å². The van der Waals surface area contributed by atoms with E-state index in [1.165, 1.54) is 135 Å². The average Bonchev–Trinajstić information content (AvgIpc) is 3.11. The number of aliphatic carboxylic acids is 1. The highest BCUT2D eigenvalue weighted by Crippen LogP contribution is 2.15. The SMILES string of the molecule is CCCCCCCCCCCC/C=C/CCCCCCCCCC(=O)OC(COCCC(C(=O)[O-])[N+](C)(C)C)COC(=O)CCCCCCCCCC. The van der Waals surface area contributed by atoms with Crippen LogP contribution in [0.4, 0.5) is 0 Å².